The van der Waals surface area contributed by atoms with Crippen LogP contribution in [0.25, 0.3) is 11.3 Å². The maximum atomic E-state index is 10.8. The Bertz CT molecular complexity index is 601. The van der Waals surface area contributed by atoms with Crippen LogP contribution in [0.3, 0.4) is 0 Å². The molecule has 2 aromatic rings. The van der Waals surface area contributed by atoms with Crippen LogP contribution in [-0.4, -0.2) is 29.1 Å². The Hall–Kier alpha value is -1.72. The highest BCUT2D eigenvalue weighted by Crippen LogP contribution is 2.31. The number of aromatic nitrogens is 1. The van der Waals surface area contributed by atoms with Crippen molar-refractivity contribution in [3.8, 4) is 11.3 Å². The Balaban J connectivity index is 1.80. The van der Waals surface area contributed by atoms with E-state index in [0.717, 1.165) is 37.2 Å². The number of thiazole rings is 1. The van der Waals surface area contributed by atoms with Crippen LogP contribution in [0.4, 0.5) is 0 Å². The van der Waals surface area contributed by atoms with Gasteiger partial charge >= 0.3 is 5.97 Å². The van der Waals surface area contributed by atoms with Gasteiger partial charge in [0.1, 0.15) is 0 Å². The number of rotatable bonds is 3. The third-order valence-electron chi connectivity index (χ3n) is 3.64. The summed E-state index contributed by atoms with van der Waals surface area (Å²) in [5, 5.41) is 15.5. The molecule has 0 unspecified atom stereocenters. The summed E-state index contributed by atoms with van der Waals surface area (Å²) in [4.78, 5) is 15.6. The molecule has 4 nitrogen and oxygen atoms in total. The van der Waals surface area contributed by atoms with Crippen molar-refractivity contribution in [3.63, 3.8) is 0 Å². The van der Waals surface area contributed by atoms with Gasteiger partial charge < -0.3 is 10.4 Å². The summed E-state index contributed by atoms with van der Waals surface area (Å²) in [6.45, 7) is 2.12. The fourth-order valence-electron chi connectivity index (χ4n) is 2.46. The van der Waals surface area contributed by atoms with Crippen LogP contribution in [-0.2, 0) is 0 Å². The summed E-state index contributed by atoms with van der Waals surface area (Å²) in [5.74, 6) is -0.335. The van der Waals surface area contributed by atoms with E-state index < -0.39 is 5.97 Å². The maximum absolute atomic E-state index is 10.8. The van der Waals surface area contributed by atoms with Gasteiger partial charge in [-0.15, -0.1) is 11.3 Å². The van der Waals surface area contributed by atoms with Crippen LogP contribution < -0.4 is 5.32 Å². The Labute approximate surface area is 121 Å². The van der Waals surface area contributed by atoms with Gasteiger partial charge in [-0.05, 0) is 38.1 Å². The SMILES string of the molecule is O=C(O)c1ccc(-c2csc(C3CCNCC3)n2)cc1. The average Bonchev–Trinajstić information content (AvgIpc) is 2.98. The van der Waals surface area contributed by atoms with E-state index in [-0.39, 0.29) is 0 Å². The van der Waals surface area contributed by atoms with Gasteiger partial charge in [0.05, 0.1) is 16.3 Å². The Morgan fingerprint density at radius 2 is 1.95 bits per heavy atom. The van der Waals surface area contributed by atoms with Gasteiger partial charge in [-0.3, -0.25) is 0 Å². The number of piperidine rings is 1. The van der Waals surface area contributed by atoms with E-state index in [1.54, 1.807) is 23.5 Å². The van der Waals surface area contributed by atoms with E-state index in [1.807, 2.05) is 12.1 Å². The van der Waals surface area contributed by atoms with Crippen LogP contribution in [0.2, 0.25) is 0 Å². The van der Waals surface area contributed by atoms with Crippen molar-refractivity contribution in [1.29, 1.82) is 0 Å². The molecule has 20 heavy (non-hydrogen) atoms. The molecule has 2 heterocycles. The first-order chi connectivity index (χ1) is 9.74. The number of carboxylic acid groups (broad SMARTS) is 1. The first kappa shape index (κ1) is 13.3. The van der Waals surface area contributed by atoms with Crippen LogP contribution in [0.5, 0.6) is 0 Å². The number of hydrogen-bond donors (Lipinski definition) is 2. The van der Waals surface area contributed by atoms with E-state index in [4.69, 9.17) is 10.1 Å². The maximum Gasteiger partial charge on any atom is 0.335 e. The summed E-state index contributed by atoms with van der Waals surface area (Å²) in [6, 6.07) is 6.90. The molecule has 0 bridgehead atoms. The van der Waals surface area contributed by atoms with E-state index >= 15 is 0 Å². The molecule has 0 amide bonds. The standard InChI is InChI=1S/C15H16N2O2S/c18-15(19)12-3-1-10(2-4-12)13-9-20-14(17-13)11-5-7-16-8-6-11/h1-4,9,11,16H,5-8H2,(H,18,19). The number of carbonyl (C=O) groups is 1. The molecule has 104 valence electrons. The summed E-state index contributed by atoms with van der Waals surface area (Å²) in [6.07, 6.45) is 2.29. The lowest BCUT2D eigenvalue weighted by Crippen LogP contribution is -2.26. The predicted molar refractivity (Wildman–Crippen MR) is 79.4 cm³/mol. The molecule has 1 fully saturated rings. The molecule has 0 atom stereocenters. The van der Waals surface area contributed by atoms with E-state index in [2.05, 4.69) is 10.7 Å². The summed E-state index contributed by atoms with van der Waals surface area (Å²) in [5.41, 5.74) is 2.23. The number of aromatic carboxylic acids is 1. The van der Waals surface area contributed by atoms with Crippen molar-refractivity contribution in [2.75, 3.05) is 13.1 Å². The minimum Gasteiger partial charge on any atom is -0.478 e. The molecule has 5 heteroatoms. The average molecular weight is 288 g/mol. The van der Waals surface area contributed by atoms with Gasteiger partial charge in [0.15, 0.2) is 0 Å². The lowest BCUT2D eigenvalue weighted by molar-refractivity contribution is 0.0697. The minimum absolute atomic E-state index is 0.308. The second-order valence-electron chi connectivity index (χ2n) is 4.98. The van der Waals surface area contributed by atoms with Crippen molar-refractivity contribution >= 4 is 17.3 Å². The molecule has 1 aromatic carbocycles. The first-order valence-corrected chi connectivity index (χ1v) is 7.62. The minimum atomic E-state index is -0.898. The van der Waals surface area contributed by atoms with Crippen LogP contribution in [0.15, 0.2) is 29.6 Å². The molecule has 3 rings (SSSR count). The van der Waals surface area contributed by atoms with Gasteiger partial charge in [0.2, 0.25) is 0 Å². The van der Waals surface area contributed by atoms with E-state index in [1.165, 1.54) is 5.01 Å². The number of hydrogen-bond acceptors (Lipinski definition) is 4. The quantitative estimate of drug-likeness (QED) is 0.911. The van der Waals surface area contributed by atoms with E-state index in [0.29, 0.717) is 11.5 Å². The molecule has 1 aliphatic rings. The topological polar surface area (TPSA) is 62.2 Å². The molecule has 0 radical (unpaired) electrons. The van der Waals surface area contributed by atoms with Crippen molar-refractivity contribution in [3.05, 3.63) is 40.2 Å². The monoisotopic (exact) mass is 288 g/mol. The number of benzene rings is 1. The number of carboxylic acids is 1. The molecule has 0 saturated carbocycles. The second-order valence-corrected chi connectivity index (χ2v) is 5.87. The molecule has 1 aliphatic heterocycles. The third-order valence-corrected chi connectivity index (χ3v) is 4.65. The van der Waals surface area contributed by atoms with Crippen molar-refractivity contribution < 1.29 is 9.90 Å². The number of nitrogens with one attached hydrogen (secondary N) is 1. The molecule has 0 spiro atoms. The zero-order valence-corrected chi connectivity index (χ0v) is 11.8. The van der Waals surface area contributed by atoms with Crippen LogP contribution >= 0.6 is 11.3 Å². The fourth-order valence-corrected chi connectivity index (χ4v) is 3.46. The zero-order valence-electron chi connectivity index (χ0n) is 11.0. The summed E-state index contributed by atoms with van der Waals surface area (Å²) >= 11 is 1.71. The Kier molecular flexibility index (Phi) is 3.80. The predicted octanol–water partition coefficient (Wildman–Crippen LogP) is 2.98. The Morgan fingerprint density at radius 3 is 2.60 bits per heavy atom. The van der Waals surface area contributed by atoms with Crippen molar-refractivity contribution in [2.45, 2.75) is 18.8 Å². The van der Waals surface area contributed by atoms with Gasteiger partial charge in [0, 0.05) is 16.9 Å². The summed E-state index contributed by atoms with van der Waals surface area (Å²) in [7, 11) is 0. The number of nitrogens with zero attached hydrogens (tertiary/aromatic N) is 1. The van der Waals surface area contributed by atoms with Gasteiger partial charge in [-0.1, -0.05) is 12.1 Å². The third kappa shape index (κ3) is 2.73. The Morgan fingerprint density at radius 1 is 1.25 bits per heavy atom. The highest BCUT2D eigenvalue weighted by Gasteiger charge is 2.18. The largest absolute Gasteiger partial charge is 0.478 e. The lowest BCUT2D eigenvalue weighted by Gasteiger charge is -2.20. The molecule has 0 aliphatic carbocycles. The van der Waals surface area contributed by atoms with E-state index in [9.17, 15) is 4.79 Å². The van der Waals surface area contributed by atoms with Gasteiger partial charge in [-0.25, -0.2) is 9.78 Å². The van der Waals surface area contributed by atoms with Crippen LogP contribution in [0.1, 0.15) is 34.1 Å². The van der Waals surface area contributed by atoms with Crippen molar-refractivity contribution in [2.24, 2.45) is 0 Å². The molecule has 1 saturated heterocycles. The normalized spacial score (nSPS) is 16.2. The summed E-state index contributed by atoms with van der Waals surface area (Å²) < 4.78 is 0. The van der Waals surface area contributed by atoms with Crippen LogP contribution in [0, 0.1) is 0 Å². The highest BCUT2D eigenvalue weighted by molar-refractivity contribution is 7.10. The zero-order chi connectivity index (χ0) is 13.9. The first-order valence-electron chi connectivity index (χ1n) is 6.74. The highest BCUT2D eigenvalue weighted by atomic mass is 32.1. The second kappa shape index (κ2) is 5.73. The smallest absolute Gasteiger partial charge is 0.335 e. The lowest BCUT2D eigenvalue weighted by atomic mass is 9.99. The van der Waals surface area contributed by atoms with Gasteiger partial charge in [-0.2, -0.15) is 0 Å². The molecule has 2 N–H and O–H groups in total. The molecule has 1 aromatic heterocycles. The molecular weight excluding hydrogens is 272 g/mol. The fraction of sp³-hybridized carbons (Fsp3) is 0.333. The molecular formula is C15H16N2O2S. The van der Waals surface area contributed by atoms with Gasteiger partial charge in [0.25, 0.3) is 0 Å². The van der Waals surface area contributed by atoms with Crippen molar-refractivity contribution in [1.82, 2.24) is 10.3 Å².